The van der Waals surface area contributed by atoms with Gasteiger partial charge in [0.15, 0.2) is 5.11 Å². The van der Waals surface area contributed by atoms with Gasteiger partial charge in [-0.05, 0) is 48.6 Å². The highest BCUT2D eigenvalue weighted by Crippen LogP contribution is 2.15. The number of hydrogen-bond acceptors (Lipinski definition) is 4. The molecule has 2 aromatic rings. The summed E-state index contributed by atoms with van der Waals surface area (Å²) in [6, 6.07) is 12.5. The third-order valence-electron chi connectivity index (χ3n) is 2.67. The molecule has 0 radical (unpaired) electrons. The number of benzene rings is 2. The van der Waals surface area contributed by atoms with Gasteiger partial charge in [0.1, 0.15) is 0 Å². The van der Waals surface area contributed by atoms with E-state index >= 15 is 0 Å². The van der Waals surface area contributed by atoms with E-state index in [2.05, 4.69) is 26.6 Å². The van der Waals surface area contributed by atoms with Crippen LogP contribution >= 0.6 is 28.1 Å². The highest BCUT2D eigenvalue weighted by Gasteiger charge is 2.09. The summed E-state index contributed by atoms with van der Waals surface area (Å²) in [5, 5.41) is 16.0. The number of anilines is 1. The molecule has 2 N–H and O–H groups in total. The molecule has 0 fully saturated rings. The summed E-state index contributed by atoms with van der Waals surface area (Å²) < 4.78 is 0.871. The Kier molecular flexibility index (Phi) is 5.18. The molecule has 0 aromatic heterocycles. The summed E-state index contributed by atoms with van der Waals surface area (Å²) in [6.07, 6.45) is 0. The summed E-state index contributed by atoms with van der Waals surface area (Å²) in [7, 11) is 0. The zero-order chi connectivity index (χ0) is 16.1. The van der Waals surface area contributed by atoms with Gasteiger partial charge in [0.2, 0.25) is 0 Å². The Morgan fingerprint density at radius 1 is 1.09 bits per heavy atom. The lowest BCUT2D eigenvalue weighted by molar-refractivity contribution is -0.384. The first-order valence-electron chi connectivity index (χ1n) is 6.08. The largest absolute Gasteiger partial charge is 0.332 e. The average Bonchev–Trinajstić information content (AvgIpc) is 2.48. The molecule has 6 nitrogen and oxygen atoms in total. The van der Waals surface area contributed by atoms with Crippen molar-refractivity contribution in [1.29, 1.82) is 0 Å². The minimum atomic E-state index is -0.489. The molecular formula is C14H10BrN3O3S. The number of hydrogen-bond donors (Lipinski definition) is 2. The van der Waals surface area contributed by atoms with Crippen LogP contribution in [0.15, 0.2) is 53.0 Å². The number of halogens is 1. The van der Waals surface area contributed by atoms with Crippen LogP contribution in [0.25, 0.3) is 0 Å². The lowest BCUT2D eigenvalue weighted by Gasteiger charge is -2.09. The first-order chi connectivity index (χ1) is 10.5. The topological polar surface area (TPSA) is 84.3 Å². The Morgan fingerprint density at radius 3 is 2.23 bits per heavy atom. The number of amides is 1. The van der Waals surface area contributed by atoms with E-state index in [0.29, 0.717) is 11.3 Å². The molecule has 0 heterocycles. The number of nitro groups is 1. The molecule has 0 aliphatic heterocycles. The molecule has 8 heteroatoms. The standard InChI is InChI=1S/C14H10BrN3O3S/c15-10-3-1-9(2-4-10)13(19)17-14(22)16-11-5-7-12(8-6-11)18(20)21/h1-8H,(H2,16,17,19,22). The van der Waals surface area contributed by atoms with Gasteiger partial charge in [0.05, 0.1) is 4.92 Å². The van der Waals surface area contributed by atoms with Gasteiger partial charge < -0.3 is 5.32 Å². The Hall–Kier alpha value is -2.32. The molecule has 0 spiro atoms. The maximum absolute atomic E-state index is 12.0. The highest BCUT2D eigenvalue weighted by atomic mass is 79.9. The van der Waals surface area contributed by atoms with Crippen molar-refractivity contribution in [3.63, 3.8) is 0 Å². The van der Waals surface area contributed by atoms with Gasteiger partial charge in [-0.3, -0.25) is 20.2 Å². The molecule has 1 amide bonds. The molecule has 0 unspecified atom stereocenters. The predicted octanol–water partition coefficient (Wildman–Crippen LogP) is 3.48. The number of thiocarbonyl (C=S) groups is 1. The molecule has 0 bridgehead atoms. The molecule has 0 saturated carbocycles. The fraction of sp³-hybridized carbons (Fsp3) is 0. The zero-order valence-electron chi connectivity index (χ0n) is 11.1. The number of nitrogens with zero attached hydrogens (tertiary/aromatic N) is 1. The van der Waals surface area contributed by atoms with E-state index in [0.717, 1.165) is 4.47 Å². The number of rotatable bonds is 3. The third-order valence-corrected chi connectivity index (χ3v) is 3.40. The van der Waals surface area contributed by atoms with Gasteiger partial charge in [-0.2, -0.15) is 0 Å². The van der Waals surface area contributed by atoms with Crippen molar-refractivity contribution in [1.82, 2.24) is 5.32 Å². The lowest BCUT2D eigenvalue weighted by atomic mass is 10.2. The number of nitro benzene ring substituents is 1. The van der Waals surface area contributed by atoms with Crippen molar-refractivity contribution < 1.29 is 9.72 Å². The maximum Gasteiger partial charge on any atom is 0.269 e. The quantitative estimate of drug-likeness (QED) is 0.484. The molecular weight excluding hydrogens is 370 g/mol. The summed E-state index contributed by atoms with van der Waals surface area (Å²) in [6.45, 7) is 0. The summed E-state index contributed by atoms with van der Waals surface area (Å²) in [5.74, 6) is -0.341. The molecule has 0 saturated heterocycles. The van der Waals surface area contributed by atoms with E-state index in [1.54, 1.807) is 24.3 Å². The average molecular weight is 380 g/mol. The van der Waals surface area contributed by atoms with Crippen molar-refractivity contribution in [2.24, 2.45) is 0 Å². The molecule has 22 heavy (non-hydrogen) atoms. The minimum absolute atomic E-state index is 0.0182. The van der Waals surface area contributed by atoms with Crippen LogP contribution in [0.5, 0.6) is 0 Å². The molecule has 0 aliphatic rings. The minimum Gasteiger partial charge on any atom is -0.332 e. The second-order valence-corrected chi connectivity index (χ2v) is 5.54. The third kappa shape index (κ3) is 4.34. The van der Waals surface area contributed by atoms with Crippen molar-refractivity contribution in [2.45, 2.75) is 0 Å². The Balaban J connectivity index is 1.96. The second kappa shape index (κ2) is 7.10. The van der Waals surface area contributed by atoms with Crippen LogP contribution in [0.1, 0.15) is 10.4 Å². The first-order valence-corrected chi connectivity index (χ1v) is 7.28. The van der Waals surface area contributed by atoms with Crippen molar-refractivity contribution in [3.05, 3.63) is 68.7 Å². The van der Waals surface area contributed by atoms with Crippen LogP contribution in [0.2, 0.25) is 0 Å². The second-order valence-electron chi connectivity index (χ2n) is 4.22. The first kappa shape index (κ1) is 16.1. The summed E-state index contributed by atoms with van der Waals surface area (Å²) in [5.41, 5.74) is 0.998. The van der Waals surface area contributed by atoms with Gasteiger partial charge >= 0.3 is 0 Å². The summed E-state index contributed by atoms with van der Waals surface area (Å²) >= 11 is 8.32. The van der Waals surface area contributed by atoms with E-state index in [1.807, 2.05) is 0 Å². The van der Waals surface area contributed by atoms with E-state index in [-0.39, 0.29) is 16.7 Å². The predicted molar refractivity (Wildman–Crippen MR) is 90.9 cm³/mol. The molecule has 2 aromatic carbocycles. The van der Waals surface area contributed by atoms with Gasteiger partial charge in [0, 0.05) is 27.9 Å². The normalized spacial score (nSPS) is 9.86. The van der Waals surface area contributed by atoms with Crippen molar-refractivity contribution in [3.8, 4) is 0 Å². The highest BCUT2D eigenvalue weighted by molar-refractivity contribution is 9.10. The van der Waals surface area contributed by atoms with Crippen LogP contribution in [0, 0.1) is 10.1 Å². The van der Waals surface area contributed by atoms with Crippen LogP contribution in [0.4, 0.5) is 11.4 Å². The number of non-ortho nitro benzene ring substituents is 1. The number of carbonyl (C=O) groups excluding carboxylic acids is 1. The fourth-order valence-electron chi connectivity index (χ4n) is 1.61. The number of nitrogens with one attached hydrogen (secondary N) is 2. The fourth-order valence-corrected chi connectivity index (χ4v) is 2.08. The van der Waals surface area contributed by atoms with Crippen LogP contribution in [-0.2, 0) is 0 Å². The van der Waals surface area contributed by atoms with E-state index in [9.17, 15) is 14.9 Å². The van der Waals surface area contributed by atoms with Crippen LogP contribution in [-0.4, -0.2) is 15.9 Å². The monoisotopic (exact) mass is 379 g/mol. The Bertz CT molecular complexity index is 717. The lowest BCUT2D eigenvalue weighted by Crippen LogP contribution is -2.34. The molecule has 112 valence electrons. The van der Waals surface area contributed by atoms with E-state index in [1.165, 1.54) is 24.3 Å². The maximum atomic E-state index is 12.0. The summed E-state index contributed by atoms with van der Waals surface area (Å²) in [4.78, 5) is 22.0. The van der Waals surface area contributed by atoms with E-state index in [4.69, 9.17) is 12.2 Å². The van der Waals surface area contributed by atoms with Crippen molar-refractivity contribution >= 4 is 50.5 Å². The van der Waals surface area contributed by atoms with Gasteiger partial charge in [-0.15, -0.1) is 0 Å². The Morgan fingerprint density at radius 2 is 1.68 bits per heavy atom. The van der Waals surface area contributed by atoms with Crippen LogP contribution in [0.3, 0.4) is 0 Å². The van der Waals surface area contributed by atoms with Gasteiger partial charge in [0.25, 0.3) is 11.6 Å². The van der Waals surface area contributed by atoms with Crippen molar-refractivity contribution in [2.75, 3.05) is 5.32 Å². The Labute approximate surface area is 139 Å². The molecule has 2 rings (SSSR count). The smallest absolute Gasteiger partial charge is 0.269 e. The SMILES string of the molecule is O=C(NC(=S)Nc1ccc([N+](=O)[O-])cc1)c1ccc(Br)cc1. The molecule has 0 atom stereocenters. The van der Waals surface area contributed by atoms with Crippen LogP contribution < -0.4 is 10.6 Å². The zero-order valence-corrected chi connectivity index (χ0v) is 13.5. The van der Waals surface area contributed by atoms with Gasteiger partial charge in [-0.25, -0.2) is 0 Å². The molecule has 0 aliphatic carbocycles. The van der Waals surface area contributed by atoms with E-state index < -0.39 is 4.92 Å². The number of carbonyl (C=O) groups is 1. The van der Waals surface area contributed by atoms with Gasteiger partial charge in [-0.1, -0.05) is 15.9 Å².